The van der Waals surface area contributed by atoms with E-state index in [1.807, 2.05) is 0 Å². The van der Waals surface area contributed by atoms with Crippen molar-refractivity contribution in [3.05, 3.63) is 18.0 Å². The van der Waals surface area contributed by atoms with E-state index in [-0.39, 0.29) is 10.9 Å². The Hall–Kier alpha value is -0.850. The lowest BCUT2D eigenvalue weighted by atomic mass is 9.87. The highest BCUT2D eigenvalue weighted by Crippen LogP contribution is 2.25. The summed E-state index contributed by atoms with van der Waals surface area (Å²) in [6, 6.07) is 1.65. The van der Waals surface area contributed by atoms with Gasteiger partial charge in [0.2, 0.25) is 10.0 Å². The maximum absolute atomic E-state index is 12.2. The fraction of sp³-hybridized carbons (Fsp3) is 0.667. The molecule has 5 nitrogen and oxygen atoms in total. The molecule has 0 spiro atoms. The second-order valence-electron chi connectivity index (χ2n) is 5.05. The highest BCUT2D eigenvalue weighted by Gasteiger charge is 2.27. The smallest absolute Gasteiger partial charge is 0.242 e. The first-order valence-corrected chi connectivity index (χ1v) is 7.91. The van der Waals surface area contributed by atoms with Gasteiger partial charge in [-0.15, -0.1) is 0 Å². The van der Waals surface area contributed by atoms with E-state index in [1.165, 1.54) is 12.6 Å². The number of aromatic amines is 1. The van der Waals surface area contributed by atoms with Crippen LogP contribution in [-0.4, -0.2) is 19.4 Å². The van der Waals surface area contributed by atoms with Gasteiger partial charge in [0.05, 0.1) is 4.90 Å². The van der Waals surface area contributed by atoms with Crippen molar-refractivity contribution < 1.29 is 8.42 Å². The number of rotatable bonds is 4. The maximum atomic E-state index is 12.2. The molecule has 0 aliphatic heterocycles. The molecule has 2 atom stereocenters. The summed E-state index contributed by atoms with van der Waals surface area (Å²) in [6.45, 7) is 2.42. The van der Waals surface area contributed by atoms with Crippen LogP contribution in [0.1, 0.15) is 38.3 Å². The third-order valence-corrected chi connectivity index (χ3v) is 5.13. The quantitative estimate of drug-likeness (QED) is 0.772. The van der Waals surface area contributed by atoms with Crippen LogP contribution in [0.5, 0.6) is 0 Å². The molecule has 1 heterocycles. The minimum absolute atomic E-state index is 0.0555. The number of hydrogen-bond donors (Lipinski definition) is 3. The Labute approximate surface area is 108 Å². The van der Waals surface area contributed by atoms with Gasteiger partial charge >= 0.3 is 0 Å². The predicted octanol–water partition coefficient (Wildman–Crippen LogP) is 1.33. The number of nitrogens with two attached hydrogens (primary N) is 1. The molecule has 0 amide bonds. The van der Waals surface area contributed by atoms with Crippen LogP contribution < -0.4 is 10.5 Å². The largest absolute Gasteiger partial charge is 0.363 e. The van der Waals surface area contributed by atoms with E-state index in [4.69, 9.17) is 5.73 Å². The number of H-pyrrole nitrogens is 1. The molecule has 2 unspecified atom stereocenters. The molecule has 18 heavy (non-hydrogen) atoms. The highest BCUT2D eigenvalue weighted by molar-refractivity contribution is 7.89. The Bertz CT molecular complexity index is 495. The Morgan fingerprint density at radius 3 is 2.78 bits per heavy atom. The minimum atomic E-state index is -3.42. The molecule has 6 heteroatoms. The number of hydrogen-bond acceptors (Lipinski definition) is 3. The van der Waals surface area contributed by atoms with Crippen molar-refractivity contribution >= 4 is 10.0 Å². The van der Waals surface area contributed by atoms with Crippen molar-refractivity contribution in [2.75, 3.05) is 0 Å². The van der Waals surface area contributed by atoms with Gasteiger partial charge in [0, 0.05) is 24.5 Å². The molecule has 4 N–H and O–H groups in total. The molecule has 0 bridgehead atoms. The van der Waals surface area contributed by atoms with Crippen LogP contribution in [-0.2, 0) is 16.6 Å². The van der Waals surface area contributed by atoms with Gasteiger partial charge in [-0.2, -0.15) is 0 Å². The molecule has 2 rings (SSSR count). The summed E-state index contributed by atoms with van der Waals surface area (Å²) >= 11 is 0. The van der Waals surface area contributed by atoms with Crippen LogP contribution in [0.2, 0.25) is 0 Å². The lowest BCUT2D eigenvalue weighted by molar-refractivity contribution is 0.310. The van der Waals surface area contributed by atoms with Crippen molar-refractivity contribution in [3.63, 3.8) is 0 Å². The van der Waals surface area contributed by atoms with Crippen molar-refractivity contribution in [2.45, 2.75) is 50.1 Å². The third-order valence-electron chi connectivity index (χ3n) is 3.66. The molecule has 0 radical (unpaired) electrons. The molecular weight excluding hydrogens is 250 g/mol. The molecule has 1 aliphatic carbocycles. The van der Waals surface area contributed by atoms with E-state index in [9.17, 15) is 8.42 Å². The Morgan fingerprint density at radius 2 is 2.17 bits per heavy atom. The summed E-state index contributed by atoms with van der Waals surface area (Å²) in [5.41, 5.74) is 6.20. The van der Waals surface area contributed by atoms with Gasteiger partial charge in [-0.25, -0.2) is 13.1 Å². The monoisotopic (exact) mass is 271 g/mol. The van der Waals surface area contributed by atoms with Crippen LogP contribution >= 0.6 is 0 Å². The van der Waals surface area contributed by atoms with Gasteiger partial charge < -0.3 is 10.7 Å². The number of aromatic nitrogens is 1. The van der Waals surface area contributed by atoms with Crippen LogP contribution in [0.15, 0.2) is 17.2 Å². The van der Waals surface area contributed by atoms with Crippen LogP contribution in [0.25, 0.3) is 0 Å². The first-order chi connectivity index (χ1) is 8.53. The van der Waals surface area contributed by atoms with Gasteiger partial charge in [0.25, 0.3) is 0 Å². The molecule has 1 aliphatic rings. The van der Waals surface area contributed by atoms with Gasteiger partial charge in [0.1, 0.15) is 0 Å². The SMILES string of the molecule is CC1CCCCC1NS(=O)(=O)c1c[nH]c(CN)c1. The standard InChI is InChI=1S/C12H21N3O2S/c1-9-4-2-3-5-12(9)15-18(16,17)11-6-10(7-13)14-8-11/h6,8-9,12,14-15H,2-5,7,13H2,1H3. The highest BCUT2D eigenvalue weighted by atomic mass is 32.2. The number of sulfonamides is 1. The second-order valence-corrected chi connectivity index (χ2v) is 6.77. The molecule has 0 saturated heterocycles. The molecule has 0 aromatic carbocycles. The first kappa shape index (κ1) is 13.6. The molecule has 1 saturated carbocycles. The zero-order valence-electron chi connectivity index (χ0n) is 10.6. The zero-order chi connectivity index (χ0) is 13.2. The minimum Gasteiger partial charge on any atom is -0.363 e. The number of nitrogens with one attached hydrogen (secondary N) is 2. The molecular formula is C12H21N3O2S. The average molecular weight is 271 g/mol. The zero-order valence-corrected chi connectivity index (χ0v) is 11.5. The van der Waals surface area contributed by atoms with Crippen LogP contribution in [0, 0.1) is 5.92 Å². The van der Waals surface area contributed by atoms with E-state index < -0.39 is 10.0 Å². The van der Waals surface area contributed by atoms with Crippen molar-refractivity contribution in [1.82, 2.24) is 9.71 Å². The second kappa shape index (κ2) is 5.42. The summed E-state index contributed by atoms with van der Waals surface area (Å²) in [4.78, 5) is 3.14. The molecule has 102 valence electrons. The van der Waals surface area contributed by atoms with Crippen LogP contribution in [0.3, 0.4) is 0 Å². The Kier molecular flexibility index (Phi) is 4.09. The fourth-order valence-corrected chi connectivity index (χ4v) is 3.85. The summed E-state index contributed by atoms with van der Waals surface area (Å²) in [7, 11) is -3.42. The molecule has 1 aromatic heterocycles. The fourth-order valence-electron chi connectivity index (χ4n) is 2.45. The molecule has 1 fully saturated rings. The van der Waals surface area contributed by atoms with E-state index in [2.05, 4.69) is 16.6 Å². The first-order valence-electron chi connectivity index (χ1n) is 6.42. The molecule has 1 aromatic rings. The van der Waals surface area contributed by atoms with Crippen molar-refractivity contribution in [2.24, 2.45) is 11.7 Å². The van der Waals surface area contributed by atoms with E-state index in [0.29, 0.717) is 12.5 Å². The van der Waals surface area contributed by atoms with Crippen molar-refractivity contribution in [1.29, 1.82) is 0 Å². The van der Waals surface area contributed by atoms with Crippen LogP contribution in [0.4, 0.5) is 0 Å². The topological polar surface area (TPSA) is 88.0 Å². The average Bonchev–Trinajstić information content (AvgIpc) is 2.81. The lowest BCUT2D eigenvalue weighted by Crippen LogP contribution is -2.40. The van der Waals surface area contributed by atoms with Gasteiger partial charge in [-0.05, 0) is 24.8 Å². The summed E-state index contributed by atoms with van der Waals surface area (Å²) in [5.74, 6) is 0.404. The van der Waals surface area contributed by atoms with Gasteiger partial charge in [-0.1, -0.05) is 19.8 Å². The third kappa shape index (κ3) is 2.93. The normalized spacial score (nSPS) is 25.2. The van der Waals surface area contributed by atoms with E-state index in [0.717, 1.165) is 25.0 Å². The Morgan fingerprint density at radius 1 is 1.44 bits per heavy atom. The summed E-state index contributed by atoms with van der Waals surface area (Å²) in [6.07, 6.45) is 5.81. The summed E-state index contributed by atoms with van der Waals surface area (Å²) in [5, 5.41) is 0. The lowest BCUT2D eigenvalue weighted by Gasteiger charge is -2.29. The summed E-state index contributed by atoms with van der Waals surface area (Å²) < 4.78 is 27.2. The van der Waals surface area contributed by atoms with Crippen molar-refractivity contribution in [3.8, 4) is 0 Å². The van der Waals surface area contributed by atoms with E-state index in [1.54, 1.807) is 6.07 Å². The maximum Gasteiger partial charge on any atom is 0.242 e. The Balaban J connectivity index is 2.11. The predicted molar refractivity (Wildman–Crippen MR) is 70.4 cm³/mol. The van der Waals surface area contributed by atoms with E-state index >= 15 is 0 Å². The van der Waals surface area contributed by atoms with Gasteiger partial charge in [-0.3, -0.25) is 0 Å². The van der Waals surface area contributed by atoms with Gasteiger partial charge in [0.15, 0.2) is 0 Å².